The average Bonchev–Trinajstić information content (AvgIpc) is 4.08. The third kappa shape index (κ3) is 14.3. The van der Waals surface area contributed by atoms with Crippen molar-refractivity contribution in [2.75, 3.05) is 60.2 Å². The van der Waals surface area contributed by atoms with E-state index >= 15 is 0 Å². The van der Waals surface area contributed by atoms with E-state index in [1.165, 1.54) is 17.2 Å². The van der Waals surface area contributed by atoms with Crippen LogP contribution in [0.15, 0.2) is 111 Å². The minimum atomic E-state index is 0.171. The molecule has 0 aliphatic carbocycles. The largest absolute Gasteiger partial charge is 0.493 e. The Labute approximate surface area is 386 Å². The zero-order chi connectivity index (χ0) is 46.4. The number of aromatic nitrogens is 4. The molecule has 1 amide bonds. The first-order valence-corrected chi connectivity index (χ1v) is 22.8. The van der Waals surface area contributed by atoms with Crippen LogP contribution in [0.4, 0.5) is 0 Å². The smallest absolute Gasteiger partial charge is 0.234 e. The topological polar surface area (TPSA) is 177 Å². The number of benzene rings is 4. The molecule has 0 radical (unpaired) electrons. The molecule has 2 fully saturated rings. The van der Waals surface area contributed by atoms with Gasteiger partial charge in [-0.3, -0.25) is 4.79 Å². The van der Waals surface area contributed by atoms with Crippen molar-refractivity contribution >= 4 is 12.0 Å². The number of nitrogens with zero attached hydrogens (tertiary/aromatic N) is 6. The summed E-state index contributed by atoms with van der Waals surface area (Å²) in [5.41, 5.74) is 4.16. The lowest BCUT2D eigenvalue weighted by molar-refractivity contribution is -0.132. The van der Waals surface area contributed by atoms with E-state index in [-0.39, 0.29) is 11.8 Å². The highest BCUT2D eigenvalue weighted by atomic mass is 16.5. The third-order valence-electron chi connectivity index (χ3n) is 11.3. The highest BCUT2D eigenvalue weighted by Gasteiger charge is 2.28. The number of ether oxygens (including phenoxy) is 4. The molecule has 15 nitrogen and oxygen atoms in total. The van der Waals surface area contributed by atoms with Crippen LogP contribution in [0.1, 0.15) is 87.1 Å². The number of likely N-dealkylation sites (tertiary alicyclic amines) is 1. The molecule has 2 aliphatic rings. The van der Waals surface area contributed by atoms with E-state index in [1.807, 2.05) is 104 Å². The molecule has 2 saturated heterocycles. The van der Waals surface area contributed by atoms with Gasteiger partial charge in [-0.05, 0) is 119 Å². The Balaban J connectivity index is 0.000000186. The van der Waals surface area contributed by atoms with Gasteiger partial charge in [0.05, 0.1) is 34.0 Å². The Morgan fingerprint density at radius 2 is 1.20 bits per heavy atom. The predicted molar refractivity (Wildman–Crippen MR) is 251 cm³/mol. The highest BCUT2D eigenvalue weighted by Crippen LogP contribution is 2.35. The fraction of sp³-hybridized carbons (Fsp3) is 0.412. The van der Waals surface area contributed by atoms with Gasteiger partial charge < -0.3 is 38.2 Å². The summed E-state index contributed by atoms with van der Waals surface area (Å²) in [7, 11) is 3.23. The van der Waals surface area contributed by atoms with Gasteiger partial charge in [-0.15, -0.1) is 0 Å². The van der Waals surface area contributed by atoms with Crippen LogP contribution < -0.4 is 24.3 Å². The molecule has 2 aliphatic heterocycles. The molecule has 66 heavy (non-hydrogen) atoms. The van der Waals surface area contributed by atoms with E-state index in [0.717, 1.165) is 93.9 Å². The Bertz CT molecular complexity index is 2410. The van der Waals surface area contributed by atoms with Crippen molar-refractivity contribution in [2.45, 2.75) is 77.0 Å². The van der Waals surface area contributed by atoms with Crippen LogP contribution in [0, 0.1) is 0 Å². The van der Waals surface area contributed by atoms with Crippen molar-refractivity contribution in [3.63, 3.8) is 0 Å². The third-order valence-corrected chi connectivity index (χ3v) is 11.3. The first kappa shape index (κ1) is 48.6. The van der Waals surface area contributed by atoms with Gasteiger partial charge in [0, 0.05) is 42.5 Å². The van der Waals surface area contributed by atoms with Crippen molar-refractivity contribution in [1.82, 2.24) is 30.5 Å². The maximum absolute atomic E-state index is 12.6. The van der Waals surface area contributed by atoms with Crippen molar-refractivity contribution in [1.29, 1.82) is 0 Å². The van der Waals surface area contributed by atoms with E-state index in [2.05, 4.69) is 42.7 Å². The van der Waals surface area contributed by atoms with Crippen molar-refractivity contribution in [3.8, 4) is 45.8 Å². The quantitative estimate of drug-likeness (QED) is 0.0678. The fourth-order valence-electron chi connectivity index (χ4n) is 7.77. The second-order valence-corrected chi connectivity index (χ2v) is 15.7. The molecule has 8 rings (SSSR count). The molecule has 4 heterocycles. The van der Waals surface area contributed by atoms with Crippen LogP contribution in [0.5, 0.6) is 23.0 Å². The molecule has 1 N–H and O–H groups in total. The van der Waals surface area contributed by atoms with Gasteiger partial charge in [0.25, 0.3) is 0 Å². The van der Waals surface area contributed by atoms with Crippen molar-refractivity contribution in [3.05, 3.63) is 120 Å². The number of piperidine rings is 2. The summed E-state index contributed by atoms with van der Waals surface area (Å²) in [5.74, 6) is 5.96. The van der Waals surface area contributed by atoms with Gasteiger partial charge in [0.2, 0.25) is 35.4 Å². The van der Waals surface area contributed by atoms with Crippen LogP contribution in [0.2, 0.25) is 0 Å². The number of aryl methyl sites for hydroxylation is 1. The van der Waals surface area contributed by atoms with Crippen LogP contribution in [0.25, 0.3) is 22.8 Å². The molecule has 0 unspecified atom stereocenters. The van der Waals surface area contributed by atoms with E-state index in [0.29, 0.717) is 66.9 Å². The van der Waals surface area contributed by atoms with Gasteiger partial charge in [-0.25, -0.2) is 9.79 Å². The van der Waals surface area contributed by atoms with Crippen molar-refractivity contribution in [2.24, 2.45) is 4.99 Å². The lowest BCUT2D eigenvalue weighted by atomic mass is 9.96. The Kier molecular flexibility index (Phi) is 19.3. The molecular formula is C51H61N7O8. The van der Waals surface area contributed by atoms with Crippen LogP contribution in [0.3, 0.4) is 0 Å². The molecule has 4 aromatic carbocycles. The molecule has 2 aromatic heterocycles. The van der Waals surface area contributed by atoms with E-state index < -0.39 is 0 Å². The van der Waals surface area contributed by atoms with Gasteiger partial charge >= 0.3 is 0 Å². The highest BCUT2D eigenvalue weighted by molar-refractivity contribution is 5.76. The number of nitrogens with one attached hydrogen (secondary N) is 1. The summed E-state index contributed by atoms with van der Waals surface area (Å²) in [4.78, 5) is 36.9. The number of hydrogen-bond acceptors (Lipinski definition) is 14. The van der Waals surface area contributed by atoms with Gasteiger partial charge in [-0.1, -0.05) is 71.0 Å². The Morgan fingerprint density at radius 3 is 1.68 bits per heavy atom. The van der Waals surface area contributed by atoms with Crippen LogP contribution in [-0.4, -0.2) is 97.3 Å². The van der Waals surface area contributed by atoms with E-state index in [4.69, 9.17) is 28.0 Å². The molecule has 348 valence electrons. The number of amides is 1. The lowest BCUT2D eigenvalue weighted by Gasteiger charge is -2.30. The number of rotatable bonds is 17. The second-order valence-electron chi connectivity index (χ2n) is 15.7. The lowest BCUT2D eigenvalue weighted by Crippen LogP contribution is -2.37. The molecule has 0 atom stereocenters. The van der Waals surface area contributed by atoms with E-state index in [1.54, 1.807) is 14.2 Å². The SMILES string of the molecule is CCOc1ccc(-c2noc(C3CCN(C(=O)CCCc4ccccc4)CC3)n2)cc1OC.CCOc1ccc(-c2noc(C3CCNCC3)n2)cc1OC.O=C=NCCc1ccccc1. The maximum Gasteiger partial charge on any atom is 0.234 e. The summed E-state index contributed by atoms with van der Waals surface area (Å²) in [6, 6.07) is 31.5. The normalized spacial score (nSPS) is 13.8. The predicted octanol–water partition coefficient (Wildman–Crippen LogP) is 9.05. The number of carbonyl (C=O) groups is 1. The van der Waals surface area contributed by atoms with E-state index in [9.17, 15) is 9.59 Å². The summed E-state index contributed by atoms with van der Waals surface area (Å²) in [6.45, 7) is 9.02. The molecule has 0 saturated carbocycles. The molecule has 6 aromatic rings. The number of aliphatic imine (C=N–C) groups is 1. The first-order valence-electron chi connectivity index (χ1n) is 22.8. The summed E-state index contributed by atoms with van der Waals surface area (Å²) in [6.07, 6.45) is 8.46. The minimum absolute atomic E-state index is 0.171. The van der Waals surface area contributed by atoms with Crippen LogP contribution in [-0.2, 0) is 22.4 Å². The first-order chi connectivity index (χ1) is 32.4. The molecule has 0 spiro atoms. The maximum atomic E-state index is 12.6. The second kappa shape index (κ2) is 26.2. The molecular weight excluding hydrogens is 839 g/mol. The summed E-state index contributed by atoms with van der Waals surface area (Å²) >= 11 is 0. The van der Waals surface area contributed by atoms with Crippen molar-refractivity contribution < 1.29 is 37.6 Å². The molecule has 0 bridgehead atoms. The van der Waals surface area contributed by atoms with Gasteiger partial charge in [0.1, 0.15) is 0 Å². The van der Waals surface area contributed by atoms with Gasteiger partial charge in [0.15, 0.2) is 23.0 Å². The Morgan fingerprint density at radius 1 is 0.697 bits per heavy atom. The number of isocyanates is 1. The summed E-state index contributed by atoms with van der Waals surface area (Å²) < 4.78 is 32.9. The standard InChI is InChI=1S/C26H31N3O4.C16H21N3O3.C9H9NO/c1-3-32-22-13-12-21(18-23(22)31-2)25-27-26(33-28-25)20-14-16-29(17-15-20)24(30)11-7-10-19-8-5-4-6-9-19;1-3-21-13-5-4-12(10-14(13)20-2)15-18-16(22-19-15)11-6-8-17-9-7-11;11-8-10-7-6-9-4-2-1-3-5-9/h4-6,8-9,12-13,18,20H,3,7,10-11,14-17H2,1-2H3;4-5,10-11,17H,3,6-9H2,1-2H3;1-5H,6-7H2. The van der Waals surface area contributed by atoms with Gasteiger partial charge in [-0.2, -0.15) is 9.97 Å². The zero-order valence-corrected chi connectivity index (χ0v) is 38.4. The number of methoxy groups -OCH3 is 2. The number of carbonyl (C=O) groups excluding carboxylic acids is 2. The zero-order valence-electron chi connectivity index (χ0n) is 38.4. The molecule has 15 heteroatoms. The van der Waals surface area contributed by atoms with Crippen LogP contribution >= 0.6 is 0 Å². The monoisotopic (exact) mass is 899 g/mol. The minimum Gasteiger partial charge on any atom is -0.493 e. The summed E-state index contributed by atoms with van der Waals surface area (Å²) in [5, 5.41) is 11.6. The fourth-order valence-corrected chi connectivity index (χ4v) is 7.77. The average molecular weight is 900 g/mol. The number of hydrogen-bond donors (Lipinski definition) is 1. The Hall–Kier alpha value is -6.83.